The number of rotatable bonds is 6. The number of aromatic nitrogens is 4. The SMILES string of the molecule is Cn1ncc(C(=O)O)c1C(=O)NCCn1ccc(C2CC2)n1. The van der Waals surface area contributed by atoms with Crippen LogP contribution in [0.15, 0.2) is 18.5 Å². The van der Waals surface area contributed by atoms with Gasteiger partial charge in [0.1, 0.15) is 11.3 Å². The maximum Gasteiger partial charge on any atom is 0.339 e. The van der Waals surface area contributed by atoms with Crippen LogP contribution in [0.3, 0.4) is 0 Å². The van der Waals surface area contributed by atoms with Gasteiger partial charge in [0.2, 0.25) is 0 Å². The highest BCUT2D eigenvalue weighted by Gasteiger charge is 2.25. The molecule has 116 valence electrons. The molecule has 8 nitrogen and oxygen atoms in total. The van der Waals surface area contributed by atoms with E-state index >= 15 is 0 Å². The Bertz CT molecular complexity index is 714. The van der Waals surface area contributed by atoms with Crippen molar-refractivity contribution in [3.63, 3.8) is 0 Å². The predicted octanol–water partition coefficient (Wildman–Crippen LogP) is 0.622. The van der Waals surface area contributed by atoms with E-state index in [1.54, 1.807) is 4.68 Å². The molecule has 1 aliphatic carbocycles. The van der Waals surface area contributed by atoms with E-state index in [9.17, 15) is 9.59 Å². The highest BCUT2D eigenvalue weighted by Crippen LogP contribution is 2.38. The van der Waals surface area contributed by atoms with Crippen molar-refractivity contribution in [1.29, 1.82) is 0 Å². The topological polar surface area (TPSA) is 102 Å². The second-order valence-electron chi connectivity index (χ2n) is 5.37. The number of carboxylic acid groups (broad SMARTS) is 1. The van der Waals surface area contributed by atoms with Gasteiger partial charge in [0.15, 0.2) is 0 Å². The van der Waals surface area contributed by atoms with Crippen LogP contribution in [0.5, 0.6) is 0 Å². The summed E-state index contributed by atoms with van der Waals surface area (Å²) in [5, 5.41) is 20.0. The zero-order valence-corrected chi connectivity index (χ0v) is 12.2. The van der Waals surface area contributed by atoms with E-state index in [1.807, 2.05) is 12.3 Å². The van der Waals surface area contributed by atoms with Crippen LogP contribution in [-0.2, 0) is 13.6 Å². The van der Waals surface area contributed by atoms with Crippen LogP contribution in [0.4, 0.5) is 0 Å². The van der Waals surface area contributed by atoms with Crippen LogP contribution in [-0.4, -0.2) is 43.1 Å². The number of aromatic carboxylic acids is 1. The van der Waals surface area contributed by atoms with E-state index in [-0.39, 0.29) is 11.3 Å². The lowest BCUT2D eigenvalue weighted by molar-refractivity contribution is 0.0690. The highest BCUT2D eigenvalue weighted by atomic mass is 16.4. The molecule has 22 heavy (non-hydrogen) atoms. The van der Waals surface area contributed by atoms with E-state index in [0.717, 1.165) is 5.69 Å². The number of nitrogens with one attached hydrogen (secondary N) is 1. The Hall–Kier alpha value is -2.64. The van der Waals surface area contributed by atoms with Crippen molar-refractivity contribution in [2.24, 2.45) is 7.05 Å². The van der Waals surface area contributed by atoms with Gasteiger partial charge in [-0.05, 0) is 18.9 Å². The molecule has 1 aliphatic rings. The second-order valence-corrected chi connectivity index (χ2v) is 5.37. The molecule has 1 fully saturated rings. The molecule has 0 unspecified atom stereocenters. The summed E-state index contributed by atoms with van der Waals surface area (Å²) in [6, 6.07) is 2.00. The van der Waals surface area contributed by atoms with E-state index < -0.39 is 11.9 Å². The molecular formula is C14H17N5O3. The van der Waals surface area contributed by atoms with E-state index in [2.05, 4.69) is 15.5 Å². The van der Waals surface area contributed by atoms with Crippen LogP contribution in [0, 0.1) is 0 Å². The molecule has 2 N–H and O–H groups in total. The Labute approximate surface area is 126 Å². The third-order valence-electron chi connectivity index (χ3n) is 3.67. The Balaban J connectivity index is 1.57. The molecule has 2 aromatic rings. The van der Waals surface area contributed by atoms with Crippen LogP contribution in [0.1, 0.15) is 45.3 Å². The Morgan fingerprint density at radius 2 is 2.23 bits per heavy atom. The zero-order chi connectivity index (χ0) is 15.7. The molecule has 8 heteroatoms. The van der Waals surface area contributed by atoms with Gasteiger partial charge >= 0.3 is 5.97 Å². The van der Waals surface area contributed by atoms with Crippen molar-refractivity contribution in [2.45, 2.75) is 25.3 Å². The highest BCUT2D eigenvalue weighted by molar-refractivity contribution is 6.03. The molecule has 0 aliphatic heterocycles. The molecule has 1 amide bonds. The van der Waals surface area contributed by atoms with Crippen molar-refractivity contribution < 1.29 is 14.7 Å². The molecule has 0 atom stereocenters. The third kappa shape index (κ3) is 2.85. The minimum atomic E-state index is -1.17. The lowest BCUT2D eigenvalue weighted by atomic mass is 10.2. The standard InChI is InChI=1S/C14H17N5O3/c1-18-12(10(8-16-18)14(21)22)13(20)15-5-7-19-6-4-11(17-19)9-2-3-9/h4,6,8-9H,2-3,5,7H2,1H3,(H,15,20)(H,21,22). The van der Waals surface area contributed by atoms with Crippen molar-refractivity contribution in [3.05, 3.63) is 35.4 Å². The summed E-state index contributed by atoms with van der Waals surface area (Å²) < 4.78 is 3.05. The fourth-order valence-electron chi connectivity index (χ4n) is 2.33. The van der Waals surface area contributed by atoms with Crippen molar-refractivity contribution in [1.82, 2.24) is 24.9 Å². The van der Waals surface area contributed by atoms with Crippen molar-refractivity contribution in [3.8, 4) is 0 Å². The van der Waals surface area contributed by atoms with Crippen molar-refractivity contribution >= 4 is 11.9 Å². The fourth-order valence-corrected chi connectivity index (χ4v) is 2.33. The van der Waals surface area contributed by atoms with Gasteiger partial charge in [-0.25, -0.2) is 4.79 Å². The summed E-state index contributed by atoms with van der Waals surface area (Å²) in [4.78, 5) is 23.2. The smallest absolute Gasteiger partial charge is 0.339 e. The summed E-state index contributed by atoms with van der Waals surface area (Å²) in [7, 11) is 1.54. The van der Waals surface area contributed by atoms with E-state index in [0.29, 0.717) is 19.0 Å². The Kier molecular flexibility index (Phi) is 3.66. The average molecular weight is 303 g/mol. The minimum Gasteiger partial charge on any atom is -0.478 e. The quantitative estimate of drug-likeness (QED) is 0.814. The second kappa shape index (κ2) is 5.63. The molecular weight excluding hydrogens is 286 g/mol. The van der Waals surface area contributed by atoms with Gasteiger partial charge in [-0.3, -0.25) is 14.2 Å². The summed E-state index contributed by atoms with van der Waals surface area (Å²) in [6.07, 6.45) is 5.47. The maximum atomic E-state index is 12.1. The van der Waals surface area contributed by atoms with Gasteiger partial charge in [0, 0.05) is 25.7 Å². The monoisotopic (exact) mass is 303 g/mol. The van der Waals surface area contributed by atoms with Crippen LogP contribution < -0.4 is 5.32 Å². The van der Waals surface area contributed by atoms with Gasteiger partial charge in [-0.1, -0.05) is 0 Å². The molecule has 1 saturated carbocycles. The lowest BCUT2D eigenvalue weighted by Crippen LogP contribution is -2.30. The van der Waals surface area contributed by atoms with Crippen LogP contribution >= 0.6 is 0 Å². The number of amides is 1. The number of nitrogens with zero attached hydrogens (tertiary/aromatic N) is 4. The summed E-state index contributed by atoms with van der Waals surface area (Å²) in [5.41, 5.74) is 1.05. The Morgan fingerprint density at radius 3 is 2.91 bits per heavy atom. The number of carboxylic acids is 1. The fraction of sp³-hybridized carbons (Fsp3) is 0.429. The first-order valence-corrected chi connectivity index (χ1v) is 7.13. The molecule has 0 saturated heterocycles. The number of hydrogen-bond acceptors (Lipinski definition) is 4. The normalized spacial score (nSPS) is 14.0. The molecule has 0 radical (unpaired) electrons. The number of aryl methyl sites for hydroxylation is 1. The lowest BCUT2D eigenvalue weighted by Gasteiger charge is -2.06. The molecule has 0 bridgehead atoms. The number of hydrogen-bond donors (Lipinski definition) is 2. The van der Waals surface area contributed by atoms with Gasteiger partial charge < -0.3 is 10.4 Å². The number of carbonyl (C=O) groups excluding carboxylic acids is 1. The molecule has 0 aromatic carbocycles. The summed E-state index contributed by atoms with van der Waals surface area (Å²) in [6.45, 7) is 0.910. The first-order chi connectivity index (χ1) is 10.6. The molecule has 2 aromatic heterocycles. The minimum absolute atomic E-state index is 0.0478. The van der Waals surface area contributed by atoms with Gasteiger partial charge in [-0.2, -0.15) is 10.2 Å². The van der Waals surface area contributed by atoms with Gasteiger partial charge in [-0.15, -0.1) is 0 Å². The predicted molar refractivity (Wildman–Crippen MR) is 76.7 cm³/mol. The maximum absolute atomic E-state index is 12.1. The first kappa shape index (κ1) is 14.3. The number of carbonyl (C=O) groups is 2. The van der Waals surface area contributed by atoms with E-state index in [4.69, 9.17) is 5.11 Å². The van der Waals surface area contributed by atoms with Crippen LogP contribution in [0.2, 0.25) is 0 Å². The molecule has 3 rings (SSSR count). The van der Waals surface area contributed by atoms with Gasteiger partial charge in [0.05, 0.1) is 18.4 Å². The largest absolute Gasteiger partial charge is 0.478 e. The third-order valence-corrected chi connectivity index (χ3v) is 3.67. The molecule has 2 heterocycles. The van der Waals surface area contributed by atoms with Crippen molar-refractivity contribution in [2.75, 3.05) is 6.54 Å². The van der Waals surface area contributed by atoms with Gasteiger partial charge in [0.25, 0.3) is 5.91 Å². The average Bonchev–Trinajstić information content (AvgIpc) is 3.09. The summed E-state index contributed by atoms with van der Waals surface area (Å²) >= 11 is 0. The first-order valence-electron chi connectivity index (χ1n) is 7.13. The Morgan fingerprint density at radius 1 is 1.45 bits per heavy atom. The van der Waals surface area contributed by atoms with E-state index in [1.165, 1.54) is 30.8 Å². The zero-order valence-electron chi connectivity index (χ0n) is 12.2. The van der Waals surface area contributed by atoms with Crippen LogP contribution in [0.25, 0.3) is 0 Å². The summed E-state index contributed by atoms with van der Waals surface area (Å²) in [5.74, 6) is -1.02. The molecule has 0 spiro atoms.